The number of hydrogen-bond acceptors (Lipinski definition) is 3. The minimum Gasteiger partial charge on any atom is -0.493 e. The van der Waals surface area contributed by atoms with Crippen LogP contribution < -0.4 is 10.1 Å². The van der Waals surface area contributed by atoms with Crippen LogP contribution in [0, 0.1) is 0 Å². The van der Waals surface area contributed by atoms with E-state index in [-0.39, 0.29) is 11.9 Å². The van der Waals surface area contributed by atoms with Gasteiger partial charge in [0.1, 0.15) is 11.3 Å². The number of carbonyl (C=O) groups excluding carboxylic acids is 1. The minimum absolute atomic E-state index is 0.0288. The van der Waals surface area contributed by atoms with E-state index in [4.69, 9.17) is 9.15 Å². The molecule has 0 bridgehead atoms. The third-order valence-corrected chi connectivity index (χ3v) is 7.01. The molecule has 1 heterocycles. The lowest BCUT2D eigenvalue weighted by atomic mass is 9.97. The summed E-state index contributed by atoms with van der Waals surface area (Å²) in [6.45, 7) is 4.48. The van der Waals surface area contributed by atoms with Gasteiger partial charge >= 0.3 is 0 Å². The quantitative estimate of drug-likeness (QED) is 0.232. The van der Waals surface area contributed by atoms with Gasteiger partial charge in [-0.3, -0.25) is 4.79 Å². The molecule has 35 heavy (non-hydrogen) atoms. The highest BCUT2D eigenvalue weighted by Gasteiger charge is 2.17. The normalized spacial score (nSPS) is 15.3. The van der Waals surface area contributed by atoms with Crippen molar-refractivity contribution in [3.05, 3.63) is 72.5 Å². The number of nitrogens with one attached hydrogen (secondary N) is 1. The van der Waals surface area contributed by atoms with Crippen molar-refractivity contribution in [1.82, 2.24) is 5.32 Å². The van der Waals surface area contributed by atoms with Crippen molar-refractivity contribution in [3.63, 3.8) is 0 Å². The van der Waals surface area contributed by atoms with E-state index < -0.39 is 0 Å². The first-order valence-corrected chi connectivity index (χ1v) is 12.8. The second kappa shape index (κ2) is 10.4. The molecule has 4 nitrogen and oxygen atoms in total. The van der Waals surface area contributed by atoms with Gasteiger partial charge in [-0.2, -0.15) is 0 Å². The van der Waals surface area contributed by atoms with E-state index in [9.17, 15) is 4.79 Å². The summed E-state index contributed by atoms with van der Waals surface area (Å²) in [6, 6.07) is 19.1. The fraction of sp³-hybridized carbons (Fsp3) is 0.323. The molecular formula is C31H33NO3. The topological polar surface area (TPSA) is 51.5 Å². The second-order valence-electron chi connectivity index (χ2n) is 9.51. The number of benzene rings is 3. The van der Waals surface area contributed by atoms with Gasteiger partial charge in [0.2, 0.25) is 5.91 Å². The molecule has 3 aromatic carbocycles. The standard InChI is InChI=1S/C31H33NO3/c1-3-34-29-19-30-27(28(20-35-30)24-15-14-22-10-8-9-11-23(22)17-24)18-26(29)21(2)16-31(33)32-25-12-6-4-5-7-13-25/h8-11,14-20,25H,3-7,12-13H2,1-2H3,(H,32,33)/b21-16+. The molecule has 0 aliphatic heterocycles. The lowest BCUT2D eigenvalue weighted by Gasteiger charge is -2.16. The molecule has 1 aliphatic carbocycles. The number of furan rings is 1. The molecule has 1 N–H and O–H groups in total. The third-order valence-electron chi connectivity index (χ3n) is 7.01. The van der Waals surface area contributed by atoms with Crippen molar-refractivity contribution in [2.75, 3.05) is 6.61 Å². The highest BCUT2D eigenvalue weighted by molar-refractivity contribution is 6.01. The Bertz CT molecular complexity index is 1370. The van der Waals surface area contributed by atoms with Gasteiger partial charge in [0.25, 0.3) is 0 Å². The summed E-state index contributed by atoms with van der Waals surface area (Å²) in [7, 11) is 0. The molecule has 1 fully saturated rings. The minimum atomic E-state index is -0.0288. The highest BCUT2D eigenvalue weighted by atomic mass is 16.5. The molecule has 1 aromatic heterocycles. The molecule has 4 heteroatoms. The smallest absolute Gasteiger partial charge is 0.244 e. The van der Waals surface area contributed by atoms with E-state index in [2.05, 4.69) is 53.8 Å². The maximum absolute atomic E-state index is 12.9. The third kappa shape index (κ3) is 5.12. The van der Waals surface area contributed by atoms with Crippen LogP contribution in [0.25, 0.3) is 38.4 Å². The van der Waals surface area contributed by atoms with Crippen LogP contribution >= 0.6 is 0 Å². The Kier molecular flexibility index (Phi) is 6.89. The van der Waals surface area contributed by atoms with E-state index in [1.54, 1.807) is 6.08 Å². The molecule has 1 amide bonds. The number of rotatable bonds is 6. The number of amides is 1. The Morgan fingerprint density at radius 1 is 1.03 bits per heavy atom. The lowest BCUT2D eigenvalue weighted by molar-refractivity contribution is -0.117. The van der Waals surface area contributed by atoms with Crippen molar-refractivity contribution in [2.24, 2.45) is 0 Å². The molecule has 5 rings (SSSR count). The van der Waals surface area contributed by atoms with E-state index in [1.165, 1.54) is 36.5 Å². The summed E-state index contributed by atoms with van der Waals surface area (Å²) in [5.41, 5.74) is 4.71. The number of allylic oxidation sites excluding steroid dienone is 1. The van der Waals surface area contributed by atoms with Crippen LogP contribution in [0.4, 0.5) is 0 Å². The Morgan fingerprint density at radius 3 is 2.57 bits per heavy atom. The predicted octanol–water partition coefficient (Wildman–Crippen LogP) is 7.89. The number of ether oxygens (including phenoxy) is 1. The zero-order chi connectivity index (χ0) is 24.2. The second-order valence-corrected chi connectivity index (χ2v) is 9.51. The molecule has 0 saturated heterocycles. The van der Waals surface area contributed by atoms with Crippen molar-refractivity contribution >= 4 is 33.2 Å². The van der Waals surface area contributed by atoms with Crippen LogP contribution in [0.3, 0.4) is 0 Å². The van der Waals surface area contributed by atoms with E-state index in [0.29, 0.717) is 6.61 Å². The van der Waals surface area contributed by atoms with Gasteiger partial charge in [-0.15, -0.1) is 0 Å². The zero-order valence-electron chi connectivity index (χ0n) is 20.6. The van der Waals surface area contributed by atoms with Gasteiger partial charge < -0.3 is 14.5 Å². The fourth-order valence-corrected chi connectivity index (χ4v) is 5.16. The van der Waals surface area contributed by atoms with E-state index in [1.807, 2.05) is 26.2 Å². The van der Waals surface area contributed by atoms with Gasteiger partial charge in [0.05, 0.1) is 12.9 Å². The summed E-state index contributed by atoms with van der Waals surface area (Å²) in [4.78, 5) is 12.9. The molecule has 0 unspecified atom stereocenters. The average Bonchev–Trinajstić information content (AvgIpc) is 3.10. The van der Waals surface area contributed by atoms with E-state index in [0.717, 1.165) is 51.8 Å². The first-order valence-electron chi connectivity index (χ1n) is 12.8. The van der Waals surface area contributed by atoms with E-state index >= 15 is 0 Å². The molecule has 180 valence electrons. The molecule has 0 radical (unpaired) electrons. The monoisotopic (exact) mass is 467 g/mol. The maximum atomic E-state index is 12.9. The summed E-state index contributed by atoms with van der Waals surface area (Å²) in [6.07, 6.45) is 10.6. The van der Waals surface area contributed by atoms with Crippen molar-refractivity contribution < 1.29 is 13.9 Å². The van der Waals surface area contributed by atoms with Gasteiger partial charge in [-0.1, -0.05) is 62.1 Å². The molecule has 1 aliphatic rings. The average molecular weight is 468 g/mol. The summed E-state index contributed by atoms with van der Waals surface area (Å²) in [5, 5.41) is 6.63. The Labute approximate surface area is 207 Å². The Hall–Kier alpha value is -3.53. The first-order chi connectivity index (χ1) is 17.1. The first kappa shape index (κ1) is 23.2. The van der Waals surface area contributed by atoms with Gasteiger partial charge in [0.15, 0.2) is 0 Å². The van der Waals surface area contributed by atoms with Crippen molar-refractivity contribution in [1.29, 1.82) is 0 Å². The SMILES string of the molecule is CCOc1cc2occ(-c3ccc4ccccc4c3)c2cc1/C(C)=C/C(=O)NC1CCCCCC1. The Balaban J connectivity index is 1.50. The van der Waals surface area contributed by atoms with Crippen molar-refractivity contribution in [2.45, 2.75) is 58.4 Å². The van der Waals surface area contributed by atoms with Gasteiger partial charge in [0, 0.05) is 34.7 Å². The number of fused-ring (bicyclic) bond motifs is 2. The molecule has 1 saturated carbocycles. The molecule has 0 atom stereocenters. The number of carbonyl (C=O) groups is 1. The molecular weight excluding hydrogens is 434 g/mol. The van der Waals surface area contributed by atoms with Crippen LogP contribution in [-0.4, -0.2) is 18.6 Å². The molecule has 0 spiro atoms. The maximum Gasteiger partial charge on any atom is 0.244 e. The number of hydrogen-bond donors (Lipinski definition) is 1. The highest BCUT2D eigenvalue weighted by Crippen LogP contribution is 2.38. The zero-order valence-corrected chi connectivity index (χ0v) is 20.6. The molecule has 4 aromatic rings. The van der Waals surface area contributed by atoms with Crippen LogP contribution in [0.1, 0.15) is 57.9 Å². The van der Waals surface area contributed by atoms with Crippen LogP contribution in [0.2, 0.25) is 0 Å². The predicted molar refractivity (Wildman–Crippen MR) is 144 cm³/mol. The largest absolute Gasteiger partial charge is 0.493 e. The summed E-state index contributed by atoms with van der Waals surface area (Å²) < 4.78 is 11.9. The van der Waals surface area contributed by atoms with Gasteiger partial charge in [-0.25, -0.2) is 0 Å². The fourth-order valence-electron chi connectivity index (χ4n) is 5.16. The summed E-state index contributed by atoms with van der Waals surface area (Å²) >= 11 is 0. The van der Waals surface area contributed by atoms with Gasteiger partial charge in [-0.05, 0) is 60.7 Å². The summed E-state index contributed by atoms with van der Waals surface area (Å²) in [5.74, 6) is 0.703. The van der Waals surface area contributed by atoms with Crippen LogP contribution in [-0.2, 0) is 4.79 Å². The van der Waals surface area contributed by atoms with Crippen LogP contribution in [0.5, 0.6) is 5.75 Å². The van der Waals surface area contributed by atoms with Crippen molar-refractivity contribution in [3.8, 4) is 16.9 Å². The van der Waals surface area contributed by atoms with Crippen LogP contribution in [0.15, 0.2) is 71.4 Å². The Morgan fingerprint density at radius 2 is 1.80 bits per heavy atom. The lowest BCUT2D eigenvalue weighted by Crippen LogP contribution is -2.33.